The predicted molar refractivity (Wildman–Crippen MR) is 114 cm³/mol. The fourth-order valence-electron chi connectivity index (χ4n) is 4.48. The average Bonchev–Trinajstić information content (AvgIpc) is 3.16. The Balaban J connectivity index is 1.10. The summed E-state index contributed by atoms with van der Waals surface area (Å²) in [5.74, 6) is 0.907. The lowest BCUT2D eigenvalue weighted by Gasteiger charge is -2.48. The van der Waals surface area contributed by atoms with Gasteiger partial charge in [-0.25, -0.2) is 0 Å². The molecule has 0 aromatic heterocycles. The average molecular weight is 426 g/mol. The van der Waals surface area contributed by atoms with Crippen molar-refractivity contribution >= 4 is 23.4 Å². The maximum atomic E-state index is 12.9. The van der Waals surface area contributed by atoms with Crippen LogP contribution in [-0.2, 0) is 11.2 Å². The Bertz CT molecular complexity index is 953. The Labute approximate surface area is 181 Å². The van der Waals surface area contributed by atoms with Crippen LogP contribution in [0.4, 0.5) is 0 Å². The molecule has 0 aliphatic carbocycles. The fraction of sp³-hybridized carbons (Fsp3) is 0.391. The third-order valence-corrected chi connectivity index (χ3v) is 6.52. The number of rotatable bonds is 3. The zero-order valence-electron chi connectivity index (χ0n) is 16.7. The minimum absolute atomic E-state index is 0.0523. The molecule has 3 heterocycles. The molecule has 0 saturated carbocycles. The molecule has 2 fully saturated rings. The summed E-state index contributed by atoms with van der Waals surface area (Å²) in [6.07, 6.45) is 0.126. The summed E-state index contributed by atoms with van der Waals surface area (Å²) >= 11 is 6.05. The first-order valence-electron chi connectivity index (χ1n) is 10.4. The van der Waals surface area contributed by atoms with Gasteiger partial charge in [0, 0.05) is 62.3 Å². The molecule has 156 valence electrons. The number of benzene rings is 2. The lowest BCUT2D eigenvalue weighted by Crippen LogP contribution is -2.64. The summed E-state index contributed by atoms with van der Waals surface area (Å²) in [4.78, 5) is 31.6. The van der Waals surface area contributed by atoms with Crippen molar-refractivity contribution in [3.05, 3.63) is 64.7 Å². The van der Waals surface area contributed by atoms with E-state index in [9.17, 15) is 9.59 Å². The van der Waals surface area contributed by atoms with E-state index in [1.807, 2.05) is 52.3 Å². The number of amides is 2. The van der Waals surface area contributed by atoms with Gasteiger partial charge in [0.25, 0.3) is 11.8 Å². The van der Waals surface area contributed by atoms with E-state index in [4.69, 9.17) is 16.3 Å². The number of ether oxygens (including phenoxy) is 1. The maximum Gasteiger partial charge on any atom is 0.264 e. The number of carbonyl (C=O) groups excluding carboxylic acids is 2. The molecule has 0 N–H and O–H groups in total. The first-order valence-corrected chi connectivity index (χ1v) is 10.8. The maximum absolute atomic E-state index is 12.9. The van der Waals surface area contributed by atoms with Crippen LogP contribution >= 0.6 is 11.6 Å². The lowest BCUT2D eigenvalue weighted by molar-refractivity contribution is -0.140. The second-order valence-corrected chi connectivity index (χ2v) is 8.59. The van der Waals surface area contributed by atoms with Gasteiger partial charge in [-0.3, -0.25) is 14.5 Å². The van der Waals surface area contributed by atoms with Crippen LogP contribution in [0.1, 0.15) is 15.9 Å². The van der Waals surface area contributed by atoms with Crippen molar-refractivity contribution < 1.29 is 14.3 Å². The van der Waals surface area contributed by atoms with Crippen LogP contribution in [0.3, 0.4) is 0 Å². The Morgan fingerprint density at radius 2 is 1.67 bits per heavy atom. The van der Waals surface area contributed by atoms with Gasteiger partial charge in [0.2, 0.25) is 0 Å². The van der Waals surface area contributed by atoms with Gasteiger partial charge >= 0.3 is 0 Å². The third kappa shape index (κ3) is 3.66. The number of hydrogen-bond donors (Lipinski definition) is 0. The molecular formula is C23H24ClN3O3. The molecule has 5 rings (SSSR count). The Morgan fingerprint density at radius 1 is 0.933 bits per heavy atom. The van der Waals surface area contributed by atoms with Crippen molar-refractivity contribution in [1.82, 2.24) is 14.7 Å². The molecule has 2 aromatic rings. The Hall–Kier alpha value is -2.57. The summed E-state index contributed by atoms with van der Waals surface area (Å²) in [7, 11) is 0. The molecule has 0 bridgehead atoms. The van der Waals surface area contributed by atoms with Crippen LogP contribution < -0.4 is 4.74 Å². The highest BCUT2D eigenvalue weighted by Crippen LogP contribution is 2.32. The zero-order valence-corrected chi connectivity index (χ0v) is 17.4. The number of piperazine rings is 1. The van der Waals surface area contributed by atoms with Gasteiger partial charge in [-0.2, -0.15) is 0 Å². The van der Waals surface area contributed by atoms with Crippen molar-refractivity contribution in [2.45, 2.75) is 18.6 Å². The van der Waals surface area contributed by atoms with Crippen LogP contribution in [-0.4, -0.2) is 77.9 Å². The highest BCUT2D eigenvalue weighted by molar-refractivity contribution is 6.30. The van der Waals surface area contributed by atoms with E-state index in [1.165, 1.54) is 0 Å². The smallest absolute Gasteiger partial charge is 0.264 e. The summed E-state index contributed by atoms with van der Waals surface area (Å²) in [5, 5.41) is 0.666. The van der Waals surface area contributed by atoms with Crippen LogP contribution in [0.2, 0.25) is 5.02 Å². The molecule has 7 heteroatoms. The van der Waals surface area contributed by atoms with Crippen molar-refractivity contribution in [3.63, 3.8) is 0 Å². The quantitative estimate of drug-likeness (QED) is 0.757. The van der Waals surface area contributed by atoms with Crippen molar-refractivity contribution in [1.29, 1.82) is 0 Å². The molecule has 1 unspecified atom stereocenters. The van der Waals surface area contributed by atoms with Crippen LogP contribution in [0.5, 0.6) is 5.75 Å². The van der Waals surface area contributed by atoms with E-state index in [1.54, 1.807) is 6.07 Å². The molecule has 1 atom stereocenters. The van der Waals surface area contributed by atoms with Crippen molar-refractivity contribution in [2.75, 3.05) is 39.3 Å². The molecule has 2 saturated heterocycles. The number of likely N-dealkylation sites (tertiary alicyclic amines) is 1. The lowest BCUT2D eigenvalue weighted by atomic mass is 10.0. The standard InChI is InChI=1S/C23H24ClN3O3/c24-18-6-7-20-17(12-18)13-21(30-20)23(29)26-10-8-25(9-11-26)19-14-27(15-19)22(28)16-4-2-1-3-5-16/h1-7,12,19,21H,8-11,13-15H2. The van der Waals surface area contributed by atoms with Gasteiger partial charge in [-0.05, 0) is 35.9 Å². The number of carbonyl (C=O) groups is 2. The molecular weight excluding hydrogens is 402 g/mol. The largest absolute Gasteiger partial charge is 0.480 e. The second kappa shape index (κ2) is 7.93. The molecule has 2 aromatic carbocycles. The normalized spacial score (nSPS) is 21.7. The minimum Gasteiger partial charge on any atom is -0.480 e. The van der Waals surface area contributed by atoms with Gasteiger partial charge < -0.3 is 14.5 Å². The summed E-state index contributed by atoms with van der Waals surface area (Å²) in [6, 6.07) is 15.3. The molecule has 0 radical (unpaired) electrons. The predicted octanol–water partition coefficient (Wildman–Crippen LogP) is 2.31. The van der Waals surface area contributed by atoms with E-state index in [0.717, 1.165) is 43.1 Å². The number of hydrogen-bond acceptors (Lipinski definition) is 4. The van der Waals surface area contributed by atoms with Crippen LogP contribution in [0.25, 0.3) is 0 Å². The highest BCUT2D eigenvalue weighted by Gasteiger charge is 2.38. The van der Waals surface area contributed by atoms with Gasteiger partial charge in [0.1, 0.15) is 5.75 Å². The van der Waals surface area contributed by atoms with Crippen molar-refractivity contribution in [2.24, 2.45) is 0 Å². The van der Waals surface area contributed by atoms with Gasteiger partial charge in [0.15, 0.2) is 6.10 Å². The first-order chi connectivity index (χ1) is 14.6. The van der Waals surface area contributed by atoms with E-state index >= 15 is 0 Å². The number of fused-ring (bicyclic) bond motifs is 1. The molecule has 3 aliphatic heterocycles. The molecule has 3 aliphatic rings. The SMILES string of the molecule is O=C(c1ccccc1)N1CC(N2CCN(C(=O)C3Cc4cc(Cl)ccc4O3)CC2)C1. The topological polar surface area (TPSA) is 53.1 Å². The van der Waals surface area contributed by atoms with E-state index in [0.29, 0.717) is 30.6 Å². The van der Waals surface area contributed by atoms with E-state index in [-0.39, 0.29) is 11.8 Å². The molecule has 0 spiro atoms. The van der Waals surface area contributed by atoms with Crippen molar-refractivity contribution in [3.8, 4) is 5.75 Å². The van der Waals surface area contributed by atoms with Crippen LogP contribution in [0, 0.1) is 0 Å². The highest BCUT2D eigenvalue weighted by atomic mass is 35.5. The van der Waals surface area contributed by atoms with Gasteiger partial charge in [-0.15, -0.1) is 0 Å². The number of nitrogens with zero attached hydrogens (tertiary/aromatic N) is 3. The second-order valence-electron chi connectivity index (χ2n) is 8.15. The number of halogens is 1. The van der Waals surface area contributed by atoms with E-state index < -0.39 is 6.10 Å². The van der Waals surface area contributed by atoms with Gasteiger partial charge in [0.05, 0.1) is 0 Å². The molecule has 2 amide bonds. The Morgan fingerprint density at radius 3 is 2.40 bits per heavy atom. The summed E-state index contributed by atoms with van der Waals surface area (Å²) < 4.78 is 5.86. The molecule has 6 nitrogen and oxygen atoms in total. The van der Waals surface area contributed by atoms with Gasteiger partial charge in [-0.1, -0.05) is 29.8 Å². The zero-order chi connectivity index (χ0) is 20.7. The third-order valence-electron chi connectivity index (χ3n) is 6.29. The summed E-state index contributed by atoms with van der Waals surface area (Å²) in [6.45, 7) is 4.55. The van der Waals surface area contributed by atoms with Crippen LogP contribution in [0.15, 0.2) is 48.5 Å². The monoisotopic (exact) mass is 425 g/mol. The van der Waals surface area contributed by atoms with E-state index in [2.05, 4.69) is 4.90 Å². The summed E-state index contributed by atoms with van der Waals surface area (Å²) in [5.41, 5.74) is 1.74. The molecule has 30 heavy (non-hydrogen) atoms. The Kier molecular flexibility index (Phi) is 5.13. The fourth-order valence-corrected chi connectivity index (χ4v) is 4.68. The first kappa shape index (κ1) is 19.4. The minimum atomic E-state index is -0.451.